The molecule has 0 amide bonds. The summed E-state index contributed by atoms with van der Waals surface area (Å²) in [7, 11) is 2.00. The molecule has 26 heavy (non-hydrogen) atoms. The number of fused-ring (bicyclic) bond motifs is 2. The lowest BCUT2D eigenvalue weighted by atomic mass is 10.0. The van der Waals surface area contributed by atoms with E-state index in [0.29, 0.717) is 12.4 Å². The van der Waals surface area contributed by atoms with E-state index in [1.807, 2.05) is 30.2 Å². The fourth-order valence-electron chi connectivity index (χ4n) is 3.67. The van der Waals surface area contributed by atoms with Crippen molar-refractivity contribution in [3.8, 4) is 5.88 Å². The van der Waals surface area contributed by atoms with Crippen LogP contribution in [0.1, 0.15) is 29.5 Å². The van der Waals surface area contributed by atoms with E-state index in [9.17, 15) is 0 Å². The van der Waals surface area contributed by atoms with Crippen LogP contribution in [-0.2, 0) is 18.3 Å². The van der Waals surface area contributed by atoms with Crippen LogP contribution in [0.4, 0.5) is 0 Å². The van der Waals surface area contributed by atoms with Crippen molar-refractivity contribution in [1.29, 1.82) is 0 Å². The molecule has 0 aliphatic carbocycles. The number of hydrogen-bond donors (Lipinski definition) is 0. The minimum atomic E-state index is 0.155. The molecule has 132 valence electrons. The summed E-state index contributed by atoms with van der Waals surface area (Å²) in [5, 5.41) is 0. The van der Waals surface area contributed by atoms with E-state index < -0.39 is 0 Å². The first kappa shape index (κ1) is 15.5. The number of ether oxygens (including phenoxy) is 2. The van der Waals surface area contributed by atoms with Gasteiger partial charge in [0.25, 0.3) is 0 Å². The van der Waals surface area contributed by atoms with Gasteiger partial charge in [0.2, 0.25) is 5.88 Å². The summed E-state index contributed by atoms with van der Waals surface area (Å²) in [6.45, 7) is 2.16. The molecule has 4 heterocycles. The van der Waals surface area contributed by atoms with E-state index in [1.54, 1.807) is 0 Å². The number of rotatable bonds is 3. The van der Waals surface area contributed by atoms with Crippen LogP contribution in [0.3, 0.4) is 0 Å². The zero-order chi connectivity index (χ0) is 17.5. The molecular formula is C20H20N4O2. The highest BCUT2D eigenvalue weighted by atomic mass is 16.5. The largest absolute Gasteiger partial charge is 0.474 e. The Morgan fingerprint density at radius 2 is 2.04 bits per heavy atom. The third kappa shape index (κ3) is 2.57. The van der Waals surface area contributed by atoms with Crippen molar-refractivity contribution in [2.24, 2.45) is 12.0 Å². The van der Waals surface area contributed by atoms with Crippen LogP contribution in [0.15, 0.2) is 41.8 Å². The summed E-state index contributed by atoms with van der Waals surface area (Å²) in [5.41, 5.74) is 6.27. The van der Waals surface area contributed by atoms with Crippen molar-refractivity contribution in [2.45, 2.75) is 25.5 Å². The maximum Gasteiger partial charge on any atom is 0.223 e. The van der Waals surface area contributed by atoms with Crippen molar-refractivity contribution in [3.05, 3.63) is 53.5 Å². The Labute approximate surface area is 151 Å². The first-order valence-corrected chi connectivity index (χ1v) is 8.98. The minimum Gasteiger partial charge on any atom is -0.474 e. The predicted molar refractivity (Wildman–Crippen MR) is 98.8 cm³/mol. The summed E-state index contributed by atoms with van der Waals surface area (Å²) in [4.78, 5) is 13.8. The van der Waals surface area contributed by atoms with Gasteiger partial charge in [-0.2, -0.15) is 0 Å². The molecule has 0 radical (unpaired) electrons. The Morgan fingerprint density at radius 1 is 1.15 bits per heavy atom. The van der Waals surface area contributed by atoms with Gasteiger partial charge in [0.15, 0.2) is 0 Å². The fourth-order valence-corrected chi connectivity index (χ4v) is 3.67. The fraction of sp³-hybridized carbons (Fsp3) is 0.350. The molecule has 2 aliphatic rings. The standard InChI is InChI=1S/C20H20N4O2/c1-24-12-23-16-10-13(2-3-17(16)24)19-18-14(11-22-19)4-7-21-20(18)26-15-5-8-25-9-6-15/h2-4,7,10,12,15H,5-6,8-9,11H2,1H3. The van der Waals surface area contributed by atoms with Gasteiger partial charge < -0.3 is 14.0 Å². The van der Waals surface area contributed by atoms with Crippen LogP contribution in [-0.4, -0.2) is 39.6 Å². The third-order valence-corrected chi connectivity index (χ3v) is 5.09. The van der Waals surface area contributed by atoms with Gasteiger partial charge in [0.05, 0.1) is 48.4 Å². The van der Waals surface area contributed by atoms with Crippen LogP contribution in [0.5, 0.6) is 5.88 Å². The van der Waals surface area contributed by atoms with E-state index in [0.717, 1.165) is 59.5 Å². The molecule has 6 nitrogen and oxygen atoms in total. The lowest BCUT2D eigenvalue weighted by Gasteiger charge is -2.24. The third-order valence-electron chi connectivity index (χ3n) is 5.09. The maximum atomic E-state index is 6.25. The number of nitrogens with zero attached hydrogens (tertiary/aromatic N) is 4. The van der Waals surface area contributed by atoms with Gasteiger partial charge in [-0.15, -0.1) is 0 Å². The normalized spacial score (nSPS) is 17.3. The Morgan fingerprint density at radius 3 is 2.92 bits per heavy atom. The van der Waals surface area contributed by atoms with Crippen molar-refractivity contribution >= 4 is 16.7 Å². The molecule has 0 unspecified atom stereocenters. The summed E-state index contributed by atoms with van der Waals surface area (Å²) in [5.74, 6) is 0.687. The van der Waals surface area contributed by atoms with Gasteiger partial charge in [-0.25, -0.2) is 9.97 Å². The number of aromatic nitrogens is 3. The number of imidazole rings is 1. The lowest BCUT2D eigenvalue weighted by molar-refractivity contribution is 0.0236. The van der Waals surface area contributed by atoms with E-state index in [2.05, 4.69) is 28.2 Å². The zero-order valence-electron chi connectivity index (χ0n) is 14.7. The molecule has 0 spiro atoms. The summed E-state index contributed by atoms with van der Waals surface area (Å²) < 4.78 is 13.7. The summed E-state index contributed by atoms with van der Waals surface area (Å²) in [6.07, 6.45) is 5.60. The number of aliphatic imine (C=N–C) groups is 1. The second-order valence-electron chi connectivity index (χ2n) is 6.80. The van der Waals surface area contributed by atoms with Gasteiger partial charge in [0.1, 0.15) is 6.10 Å². The quantitative estimate of drug-likeness (QED) is 0.730. The van der Waals surface area contributed by atoms with Crippen LogP contribution in [0, 0.1) is 0 Å². The van der Waals surface area contributed by atoms with E-state index >= 15 is 0 Å². The van der Waals surface area contributed by atoms with Crippen molar-refractivity contribution in [1.82, 2.24) is 14.5 Å². The predicted octanol–water partition coefficient (Wildman–Crippen LogP) is 2.88. The molecule has 3 aromatic rings. The molecule has 5 rings (SSSR count). The Balaban J connectivity index is 1.53. The second-order valence-corrected chi connectivity index (χ2v) is 6.80. The number of hydrogen-bond acceptors (Lipinski definition) is 5. The summed E-state index contributed by atoms with van der Waals surface area (Å²) >= 11 is 0. The monoisotopic (exact) mass is 348 g/mol. The van der Waals surface area contributed by atoms with Gasteiger partial charge in [-0.1, -0.05) is 6.07 Å². The first-order chi connectivity index (χ1) is 12.8. The molecule has 6 heteroatoms. The van der Waals surface area contributed by atoms with E-state index in [4.69, 9.17) is 14.5 Å². The van der Waals surface area contributed by atoms with Crippen LogP contribution >= 0.6 is 0 Å². The highest BCUT2D eigenvalue weighted by molar-refractivity contribution is 6.17. The van der Waals surface area contributed by atoms with Crippen molar-refractivity contribution < 1.29 is 9.47 Å². The number of aryl methyl sites for hydroxylation is 1. The molecule has 1 aromatic carbocycles. The van der Waals surface area contributed by atoms with Crippen LogP contribution in [0.2, 0.25) is 0 Å². The smallest absolute Gasteiger partial charge is 0.223 e. The molecule has 0 bridgehead atoms. The Kier molecular flexibility index (Phi) is 3.71. The second kappa shape index (κ2) is 6.21. The highest BCUT2D eigenvalue weighted by Crippen LogP contribution is 2.31. The van der Waals surface area contributed by atoms with Crippen LogP contribution < -0.4 is 4.74 Å². The molecule has 0 saturated carbocycles. The average Bonchev–Trinajstić information content (AvgIpc) is 3.27. The Bertz CT molecular complexity index is 1000. The minimum absolute atomic E-state index is 0.155. The van der Waals surface area contributed by atoms with E-state index in [-0.39, 0.29) is 6.10 Å². The molecule has 0 N–H and O–H groups in total. The Hall–Kier alpha value is -2.73. The molecule has 1 saturated heterocycles. The average molecular weight is 348 g/mol. The van der Waals surface area contributed by atoms with Crippen molar-refractivity contribution in [2.75, 3.05) is 13.2 Å². The van der Waals surface area contributed by atoms with Gasteiger partial charge in [-0.05, 0) is 23.8 Å². The molecular weight excluding hydrogens is 328 g/mol. The lowest BCUT2D eigenvalue weighted by Crippen LogP contribution is -2.27. The molecule has 2 aromatic heterocycles. The van der Waals surface area contributed by atoms with Gasteiger partial charge in [0, 0.05) is 31.6 Å². The van der Waals surface area contributed by atoms with E-state index in [1.165, 1.54) is 0 Å². The number of pyridine rings is 1. The van der Waals surface area contributed by atoms with Gasteiger partial charge >= 0.3 is 0 Å². The van der Waals surface area contributed by atoms with Crippen LogP contribution in [0.25, 0.3) is 11.0 Å². The first-order valence-electron chi connectivity index (χ1n) is 8.98. The maximum absolute atomic E-state index is 6.25. The topological polar surface area (TPSA) is 61.5 Å². The zero-order valence-corrected chi connectivity index (χ0v) is 14.7. The molecule has 2 aliphatic heterocycles. The highest BCUT2D eigenvalue weighted by Gasteiger charge is 2.26. The molecule has 0 atom stereocenters. The molecule has 1 fully saturated rings. The summed E-state index contributed by atoms with van der Waals surface area (Å²) in [6, 6.07) is 8.31. The van der Waals surface area contributed by atoms with Crippen molar-refractivity contribution in [3.63, 3.8) is 0 Å². The SMILES string of the molecule is Cn1cnc2cc(C3=NCc4ccnc(OC5CCOCC5)c43)ccc21. The van der Waals surface area contributed by atoms with Gasteiger partial charge in [-0.3, -0.25) is 4.99 Å². The number of benzene rings is 1.